The van der Waals surface area contributed by atoms with E-state index in [-0.39, 0.29) is 11.4 Å². The lowest BCUT2D eigenvalue weighted by Gasteiger charge is -2.29. The molecule has 24 heavy (non-hydrogen) atoms. The zero-order valence-electron chi connectivity index (χ0n) is 13.8. The second kappa shape index (κ2) is 6.36. The number of carbonyl (C=O) groups excluding carboxylic acids is 2. The first kappa shape index (κ1) is 16.6. The van der Waals surface area contributed by atoms with Crippen LogP contribution in [0.4, 0.5) is 4.39 Å². The molecule has 2 saturated heterocycles. The van der Waals surface area contributed by atoms with Gasteiger partial charge in [0.05, 0.1) is 0 Å². The number of ether oxygens (including phenoxy) is 2. The average molecular weight is 333 g/mol. The van der Waals surface area contributed by atoms with Gasteiger partial charge in [0.15, 0.2) is 0 Å². The number of halogens is 1. The van der Waals surface area contributed by atoms with Crippen LogP contribution in [0.15, 0.2) is 23.8 Å². The molecule has 0 unspecified atom stereocenters. The van der Waals surface area contributed by atoms with E-state index in [0.29, 0.717) is 12.1 Å². The van der Waals surface area contributed by atoms with Crippen LogP contribution in [0.2, 0.25) is 0 Å². The van der Waals surface area contributed by atoms with E-state index in [9.17, 15) is 14.0 Å². The standard InChI is InChI=1S/C18H20FNO4/c1-18(2)23-16(21)15(17(22)24-18)10-12-5-6-14(19)9-13(12)11-20-7-3-4-8-20/h5-6,9-10H,3-4,7-8,11H2,1-2H3. The predicted molar refractivity (Wildman–Crippen MR) is 85.2 cm³/mol. The lowest BCUT2D eigenvalue weighted by molar-refractivity contribution is -0.222. The minimum absolute atomic E-state index is 0.177. The number of rotatable bonds is 3. The van der Waals surface area contributed by atoms with Crippen LogP contribution in [0, 0.1) is 5.82 Å². The molecule has 0 N–H and O–H groups in total. The second-order valence-electron chi connectivity index (χ2n) is 6.56. The number of cyclic esters (lactones) is 2. The van der Waals surface area contributed by atoms with Crippen LogP contribution in [0.1, 0.15) is 37.8 Å². The van der Waals surface area contributed by atoms with Crippen molar-refractivity contribution in [2.24, 2.45) is 0 Å². The van der Waals surface area contributed by atoms with Gasteiger partial charge in [0.2, 0.25) is 0 Å². The Morgan fingerprint density at radius 1 is 1.17 bits per heavy atom. The Labute approximate surface area is 140 Å². The molecule has 1 aromatic carbocycles. The summed E-state index contributed by atoms with van der Waals surface area (Å²) in [4.78, 5) is 26.4. The van der Waals surface area contributed by atoms with Crippen molar-refractivity contribution < 1.29 is 23.5 Å². The van der Waals surface area contributed by atoms with E-state index in [4.69, 9.17) is 9.47 Å². The number of hydrogen-bond acceptors (Lipinski definition) is 5. The van der Waals surface area contributed by atoms with Crippen LogP contribution in [-0.2, 0) is 25.6 Å². The third-order valence-corrected chi connectivity index (χ3v) is 4.11. The number of likely N-dealkylation sites (tertiary alicyclic amines) is 1. The lowest BCUT2D eigenvalue weighted by Crippen LogP contribution is -2.41. The Hall–Kier alpha value is -2.21. The monoisotopic (exact) mass is 333 g/mol. The van der Waals surface area contributed by atoms with Crippen LogP contribution in [-0.4, -0.2) is 35.7 Å². The summed E-state index contributed by atoms with van der Waals surface area (Å²) in [6, 6.07) is 4.31. The number of nitrogens with zero attached hydrogens (tertiary/aromatic N) is 1. The van der Waals surface area contributed by atoms with Gasteiger partial charge in [0.1, 0.15) is 11.4 Å². The molecule has 0 aromatic heterocycles. The third kappa shape index (κ3) is 3.64. The van der Waals surface area contributed by atoms with E-state index < -0.39 is 17.7 Å². The molecule has 2 fully saturated rings. The number of benzene rings is 1. The quantitative estimate of drug-likeness (QED) is 0.483. The van der Waals surface area contributed by atoms with Gasteiger partial charge in [-0.15, -0.1) is 0 Å². The summed E-state index contributed by atoms with van der Waals surface area (Å²) in [6.45, 7) is 5.49. The molecule has 5 nitrogen and oxygen atoms in total. The molecule has 0 spiro atoms. The van der Waals surface area contributed by atoms with Crippen molar-refractivity contribution in [2.75, 3.05) is 13.1 Å². The van der Waals surface area contributed by atoms with Crippen LogP contribution in [0.25, 0.3) is 6.08 Å². The zero-order chi connectivity index (χ0) is 17.3. The molecule has 2 aliphatic heterocycles. The van der Waals surface area contributed by atoms with Gasteiger partial charge in [0.25, 0.3) is 5.79 Å². The Balaban J connectivity index is 1.91. The Morgan fingerprint density at radius 3 is 2.42 bits per heavy atom. The Bertz CT molecular complexity index is 683. The molecular weight excluding hydrogens is 313 g/mol. The summed E-state index contributed by atoms with van der Waals surface area (Å²) in [5.41, 5.74) is 1.17. The predicted octanol–water partition coefficient (Wildman–Crippen LogP) is 2.64. The molecule has 2 heterocycles. The average Bonchev–Trinajstić information content (AvgIpc) is 2.96. The molecule has 128 valence electrons. The maximum absolute atomic E-state index is 13.6. The van der Waals surface area contributed by atoms with E-state index in [1.54, 1.807) is 6.07 Å². The van der Waals surface area contributed by atoms with Gasteiger partial charge < -0.3 is 9.47 Å². The van der Waals surface area contributed by atoms with E-state index in [0.717, 1.165) is 31.5 Å². The van der Waals surface area contributed by atoms with Crippen molar-refractivity contribution >= 4 is 18.0 Å². The van der Waals surface area contributed by atoms with Crippen LogP contribution < -0.4 is 0 Å². The highest BCUT2D eigenvalue weighted by Crippen LogP contribution is 2.26. The first-order chi connectivity index (χ1) is 11.3. The second-order valence-corrected chi connectivity index (χ2v) is 6.56. The van der Waals surface area contributed by atoms with Gasteiger partial charge in [-0.05, 0) is 55.3 Å². The first-order valence-electron chi connectivity index (χ1n) is 8.03. The fourth-order valence-electron chi connectivity index (χ4n) is 2.97. The van der Waals surface area contributed by atoms with Crippen molar-refractivity contribution in [3.8, 4) is 0 Å². The maximum Gasteiger partial charge on any atom is 0.348 e. The molecule has 0 aliphatic carbocycles. The van der Waals surface area contributed by atoms with Crippen LogP contribution in [0.3, 0.4) is 0 Å². The fraction of sp³-hybridized carbons (Fsp3) is 0.444. The van der Waals surface area contributed by atoms with Gasteiger partial charge in [-0.1, -0.05) is 6.07 Å². The first-order valence-corrected chi connectivity index (χ1v) is 8.03. The topological polar surface area (TPSA) is 55.8 Å². The number of carbonyl (C=O) groups is 2. The normalized spacial score (nSPS) is 20.7. The van der Waals surface area contributed by atoms with Crippen molar-refractivity contribution in [3.05, 3.63) is 40.7 Å². The Morgan fingerprint density at radius 2 is 1.79 bits per heavy atom. The van der Waals surface area contributed by atoms with Gasteiger partial charge in [-0.2, -0.15) is 0 Å². The molecule has 0 atom stereocenters. The van der Waals surface area contributed by atoms with Gasteiger partial charge in [-0.25, -0.2) is 14.0 Å². The molecule has 6 heteroatoms. The SMILES string of the molecule is CC1(C)OC(=O)C(=Cc2ccc(F)cc2CN2CCCC2)C(=O)O1. The van der Waals surface area contributed by atoms with E-state index in [1.165, 1.54) is 32.1 Å². The van der Waals surface area contributed by atoms with Gasteiger partial charge >= 0.3 is 11.9 Å². The Kier molecular flexibility index (Phi) is 4.41. The van der Waals surface area contributed by atoms with Crippen molar-refractivity contribution in [2.45, 2.75) is 39.0 Å². The third-order valence-electron chi connectivity index (χ3n) is 4.11. The van der Waals surface area contributed by atoms with Crippen LogP contribution >= 0.6 is 0 Å². The lowest BCUT2D eigenvalue weighted by atomic mass is 10.0. The summed E-state index contributed by atoms with van der Waals surface area (Å²) in [5, 5.41) is 0. The molecule has 0 radical (unpaired) electrons. The summed E-state index contributed by atoms with van der Waals surface area (Å²) >= 11 is 0. The summed E-state index contributed by atoms with van der Waals surface area (Å²) in [6.07, 6.45) is 3.67. The molecular formula is C18H20FNO4. The van der Waals surface area contributed by atoms with E-state index in [1.807, 2.05) is 0 Å². The molecule has 3 rings (SSSR count). The maximum atomic E-state index is 13.6. The summed E-state index contributed by atoms with van der Waals surface area (Å²) < 4.78 is 23.8. The minimum atomic E-state index is -1.27. The highest BCUT2D eigenvalue weighted by Gasteiger charge is 2.38. The smallest absolute Gasteiger partial charge is 0.348 e. The fourth-order valence-corrected chi connectivity index (χ4v) is 2.97. The number of hydrogen-bond donors (Lipinski definition) is 0. The van der Waals surface area contributed by atoms with Crippen molar-refractivity contribution in [1.82, 2.24) is 4.90 Å². The van der Waals surface area contributed by atoms with E-state index in [2.05, 4.69) is 4.90 Å². The molecule has 0 amide bonds. The summed E-state index contributed by atoms with van der Waals surface area (Å²) in [7, 11) is 0. The van der Waals surface area contributed by atoms with Gasteiger partial charge in [0, 0.05) is 20.4 Å². The molecule has 1 aromatic rings. The number of esters is 2. The minimum Gasteiger partial charge on any atom is -0.419 e. The highest BCUT2D eigenvalue weighted by molar-refractivity contribution is 6.18. The molecule has 0 saturated carbocycles. The van der Waals surface area contributed by atoms with Crippen molar-refractivity contribution in [1.29, 1.82) is 0 Å². The van der Waals surface area contributed by atoms with Crippen LogP contribution in [0.5, 0.6) is 0 Å². The van der Waals surface area contributed by atoms with E-state index >= 15 is 0 Å². The highest BCUT2D eigenvalue weighted by atomic mass is 19.1. The zero-order valence-corrected chi connectivity index (χ0v) is 13.8. The largest absolute Gasteiger partial charge is 0.419 e. The molecule has 2 aliphatic rings. The summed E-state index contributed by atoms with van der Waals surface area (Å²) in [5.74, 6) is -3.08. The van der Waals surface area contributed by atoms with Crippen molar-refractivity contribution in [3.63, 3.8) is 0 Å². The van der Waals surface area contributed by atoms with Gasteiger partial charge in [-0.3, -0.25) is 4.90 Å². The molecule has 0 bridgehead atoms.